The predicted octanol–water partition coefficient (Wildman–Crippen LogP) is 4.24. The molecule has 90 valence electrons. The van der Waals surface area contributed by atoms with Crippen molar-refractivity contribution >= 4 is 23.2 Å². The first-order valence-corrected chi connectivity index (χ1v) is 6.19. The minimum absolute atomic E-state index is 0.242. The largest absolute Gasteiger partial charge is 0.264 e. The zero-order valence-corrected chi connectivity index (χ0v) is 11.0. The maximum Gasteiger partial charge on any atom is 0.0767 e. The van der Waals surface area contributed by atoms with E-state index in [2.05, 4.69) is 11.1 Å². The zero-order valence-electron chi connectivity index (χ0n) is 9.48. The van der Waals surface area contributed by atoms with Gasteiger partial charge in [-0.25, -0.2) is 0 Å². The quantitative estimate of drug-likeness (QED) is 0.841. The molecule has 2 rings (SSSR count). The van der Waals surface area contributed by atoms with Gasteiger partial charge >= 0.3 is 0 Å². The molecule has 1 atom stereocenters. The van der Waals surface area contributed by atoms with Gasteiger partial charge in [-0.05, 0) is 41.8 Å². The van der Waals surface area contributed by atoms with Crippen molar-refractivity contribution in [3.05, 3.63) is 63.9 Å². The average Bonchev–Trinajstić information content (AvgIpc) is 2.36. The van der Waals surface area contributed by atoms with Gasteiger partial charge in [0.25, 0.3) is 0 Å². The third-order valence-corrected chi connectivity index (χ3v) is 3.04. The van der Waals surface area contributed by atoms with Crippen LogP contribution >= 0.6 is 23.2 Å². The van der Waals surface area contributed by atoms with Crippen LogP contribution in [0.2, 0.25) is 10.0 Å². The second kappa shape index (κ2) is 5.86. The van der Waals surface area contributed by atoms with E-state index in [1.807, 2.05) is 24.3 Å². The van der Waals surface area contributed by atoms with Crippen LogP contribution in [0.1, 0.15) is 17.0 Å². The van der Waals surface area contributed by atoms with Crippen molar-refractivity contribution in [2.75, 3.05) is 0 Å². The van der Waals surface area contributed by atoms with Crippen molar-refractivity contribution in [2.24, 2.45) is 0 Å². The SMILES string of the molecule is N#CC(Cc1cc(Cl)cc(Cl)c1)c1cccnc1. The molecule has 0 radical (unpaired) electrons. The van der Waals surface area contributed by atoms with Gasteiger partial charge in [-0.3, -0.25) is 4.98 Å². The lowest BCUT2D eigenvalue weighted by Gasteiger charge is -2.09. The van der Waals surface area contributed by atoms with Crippen LogP contribution in [0.25, 0.3) is 0 Å². The first-order chi connectivity index (χ1) is 8.69. The highest BCUT2D eigenvalue weighted by molar-refractivity contribution is 6.34. The minimum atomic E-state index is -0.242. The number of pyridine rings is 1. The molecule has 1 unspecified atom stereocenters. The van der Waals surface area contributed by atoms with E-state index in [-0.39, 0.29) is 5.92 Å². The minimum Gasteiger partial charge on any atom is -0.264 e. The maximum atomic E-state index is 9.24. The monoisotopic (exact) mass is 276 g/mol. The van der Waals surface area contributed by atoms with Gasteiger partial charge in [-0.15, -0.1) is 0 Å². The fourth-order valence-corrected chi connectivity index (χ4v) is 2.36. The lowest BCUT2D eigenvalue weighted by molar-refractivity contribution is 0.843. The Hall–Kier alpha value is -1.56. The molecule has 4 heteroatoms. The molecule has 1 heterocycles. The van der Waals surface area contributed by atoms with Crippen LogP contribution in [-0.4, -0.2) is 4.98 Å². The van der Waals surface area contributed by atoms with Crippen LogP contribution in [0, 0.1) is 11.3 Å². The van der Waals surface area contributed by atoms with E-state index in [1.165, 1.54) is 0 Å². The topological polar surface area (TPSA) is 36.7 Å². The van der Waals surface area contributed by atoms with Crippen LogP contribution in [0.15, 0.2) is 42.7 Å². The molecule has 0 aliphatic heterocycles. The van der Waals surface area contributed by atoms with Crippen LogP contribution in [0.5, 0.6) is 0 Å². The first-order valence-electron chi connectivity index (χ1n) is 5.43. The summed E-state index contributed by atoms with van der Waals surface area (Å²) in [5, 5.41) is 10.4. The number of aromatic nitrogens is 1. The lowest BCUT2D eigenvalue weighted by atomic mass is 9.94. The molecule has 0 bridgehead atoms. The van der Waals surface area contributed by atoms with E-state index in [1.54, 1.807) is 18.5 Å². The van der Waals surface area contributed by atoms with Crippen LogP contribution in [0.4, 0.5) is 0 Å². The third kappa shape index (κ3) is 3.22. The Kier molecular flexibility index (Phi) is 4.19. The van der Waals surface area contributed by atoms with E-state index in [0.717, 1.165) is 11.1 Å². The molecule has 0 aliphatic carbocycles. The summed E-state index contributed by atoms with van der Waals surface area (Å²) in [6.07, 6.45) is 3.97. The summed E-state index contributed by atoms with van der Waals surface area (Å²) in [5.74, 6) is -0.242. The molecule has 0 fully saturated rings. The second-order valence-electron chi connectivity index (χ2n) is 3.95. The van der Waals surface area contributed by atoms with Gasteiger partial charge < -0.3 is 0 Å². The van der Waals surface area contributed by atoms with Gasteiger partial charge in [0.1, 0.15) is 0 Å². The molecule has 2 nitrogen and oxygen atoms in total. The van der Waals surface area contributed by atoms with E-state index < -0.39 is 0 Å². The van der Waals surface area contributed by atoms with Crippen molar-refractivity contribution < 1.29 is 0 Å². The summed E-state index contributed by atoms with van der Waals surface area (Å²) in [5.41, 5.74) is 1.85. The highest BCUT2D eigenvalue weighted by Crippen LogP contribution is 2.24. The summed E-state index contributed by atoms with van der Waals surface area (Å²) in [7, 11) is 0. The molecule has 0 N–H and O–H groups in total. The van der Waals surface area contributed by atoms with E-state index in [4.69, 9.17) is 23.2 Å². The number of nitrogens with zero attached hydrogens (tertiary/aromatic N) is 2. The molecule has 18 heavy (non-hydrogen) atoms. The van der Waals surface area contributed by atoms with E-state index in [9.17, 15) is 5.26 Å². The molecular weight excluding hydrogens is 267 g/mol. The Balaban J connectivity index is 2.24. The summed E-state index contributed by atoms with van der Waals surface area (Å²) >= 11 is 11.9. The Labute approximate surface area is 116 Å². The van der Waals surface area contributed by atoms with Crippen LogP contribution < -0.4 is 0 Å². The smallest absolute Gasteiger partial charge is 0.0767 e. The van der Waals surface area contributed by atoms with Gasteiger partial charge in [0.15, 0.2) is 0 Å². The van der Waals surface area contributed by atoms with Crippen molar-refractivity contribution in [3.8, 4) is 6.07 Å². The summed E-state index contributed by atoms with van der Waals surface area (Å²) < 4.78 is 0. The molecular formula is C14H10Cl2N2. The number of rotatable bonds is 3. The summed E-state index contributed by atoms with van der Waals surface area (Å²) in [4.78, 5) is 4.03. The Morgan fingerprint density at radius 3 is 2.50 bits per heavy atom. The molecule has 1 aromatic heterocycles. The van der Waals surface area contributed by atoms with Gasteiger partial charge in [-0.2, -0.15) is 5.26 Å². The molecule has 0 amide bonds. The molecule has 0 saturated heterocycles. The highest BCUT2D eigenvalue weighted by Gasteiger charge is 2.12. The van der Waals surface area contributed by atoms with Crippen LogP contribution in [0.3, 0.4) is 0 Å². The van der Waals surface area contributed by atoms with Crippen molar-refractivity contribution in [3.63, 3.8) is 0 Å². The van der Waals surface area contributed by atoms with Gasteiger partial charge in [0.2, 0.25) is 0 Å². The average molecular weight is 277 g/mol. The van der Waals surface area contributed by atoms with Crippen molar-refractivity contribution in [1.29, 1.82) is 5.26 Å². The standard InChI is InChI=1S/C14H10Cl2N2/c15-13-5-10(6-14(16)7-13)4-12(8-17)11-2-1-3-18-9-11/h1-3,5-7,9,12H,4H2. The lowest BCUT2D eigenvalue weighted by Crippen LogP contribution is -2.01. The first kappa shape index (κ1) is 12.9. The predicted molar refractivity (Wildman–Crippen MR) is 72.8 cm³/mol. The normalized spacial score (nSPS) is 11.8. The maximum absolute atomic E-state index is 9.24. The Bertz CT molecular complexity index is 556. The second-order valence-corrected chi connectivity index (χ2v) is 4.82. The Morgan fingerprint density at radius 1 is 1.22 bits per heavy atom. The van der Waals surface area contributed by atoms with Crippen molar-refractivity contribution in [1.82, 2.24) is 4.98 Å². The number of hydrogen-bond acceptors (Lipinski definition) is 2. The molecule has 1 aromatic carbocycles. The van der Waals surface area contributed by atoms with Gasteiger partial charge in [-0.1, -0.05) is 29.3 Å². The third-order valence-electron chi connectivity index (χ3n) is 2.60. The van der Waals surface area contributed by atoms with Gasteiger partial charge in [0, 0.05) is 22.4 Å². The fraction of sp³-hybridized carbons (Fsp3) is 0.143. The molecule has 0 aliphatic rings. The van der Waals surface area contributed by atoms with Gasteiger partial charge in [0.05, 0.1) is 12.0 Å². The number of nitriles is 1. The number of halogens is 2. The van der Waals surface area contributed by atoms with E-state index in [0.29, 0.717) is 16.5 Å². The molecule has 2 aromatic rings. The summed E-state index contributed by atoms with van der Waals surface area (Å²) in [6.45, 7) is 0. The number of benzene rings is 1. The van der Waals surface area contributed by atoms with Crippen LogP contribution in [-0.2, 0) is 6.42 Å². The highest BCUT2D eigenvalue weighted by atomic mass is 35.5. The van der Waals surface area contributed by atoms with E-state index >= 15 is 0 Å². The summed E-state index contributed by atoms with van der Waals surface area (Å²) in [6, 6.07) is 11.3. The Morgan fingerprint density at radius 2 is 1.94 bits per heavy atom. The number of hydrogen-bond donors (Lipinski definition) is 0. The molecule has 0 spiro atoms. The van der Waals surface area contributed by atoms with Crippen molar-refractivity contribution in [2.45, 2.75) is 12.3 Å². The molecule has 0 saturated carbocycles. The fourth-order valence-electron chi connectivity index (χ4n) is 1.78. The zero-order chi connectivity index (χ0) is 13.0.